The van der Waals surface area contributed by atoms with Crippen molar-refractivity contribution in [3.63, 3.8) is 0 Å². The van der Waals surface area contributed by atoms with Gasteiger partial charge in [0.25, 0.3) is 0 Å². The summed E-state index contributed by atoms with van der Waals surface area (Å²) in [6, 6.07) is 6.66. The zero-order valence-corrected chi connectivity index (χ0v) is 16.0. The Bertz CT molecular complexity index is 969. The molecule has 5 nitrogen and oxygen atoms in total. The average molecular weight is 368 g/mol. The Kier molecular flexibility index (Phi) is 4.60. The molecule has 0 radical (unpaired) electrons. The van der Waals surface area contributed by atoms with Gasteiger partial charge in [-0.3, -0.25) is 9.36 Å². The van der Waals surface area contributed by atoms with E-state index >= 15 is 0 Å². The van der Waals surface area contributed by atoms with Gasteiger partial charge in [-0.2, -0.15) is 10.2 Å². The Morgan fingerprint density at radius 2 is 2.00 bits per heavy atom. The molecule has 0 aliphatic heterocycles. The number of benzene rings is 1. The Balaban J connectivity index is 1.68. The summed E-state index contributed by atoms with van der Waals surface area (Å²) in [7, 11) is 3.87. The predicted octanol–water partition coefficient (Wildman–Crippen LogP) is 3.56. The highest BCUT2D eigenvalue weighted by atomic mass is 19.1. The zero-order valence-electron chi connectivity index (χ0n) is 16.0. The third kappa shape index (κ3) is 3.81. The lowest BCUT2D eigenvalue weighted by molar-refractivity contribution is 0.199. The van der Waals surface area contributed by atoms with Gasteiger partial charge in [0, 0.05) is 43.5 Å². The molecule has 1 aromatic carbocycles. The van der Waals surface area contributed by atoms with Crippen molar-refractivity contribution in [2.45, 2.75) is 38.7 Å². The second-order valence-corrected chi connectivity index (χ2v) is 7.66. The standard InChI is InChI=1S/C21H25FN4O/c1-13(27)20-10-16(22)6-7-19(20)21-15(12-25(2)24-21)9-17-11-18(26(3)23-17)8-14-4-5-14/h6-7,10-14,27H,4-5,8-9H2,1-3H3/t13-/m1/s1. The van der Waals surface area contributed by atoms with Crippen molar-refractivity contribution in [2.75, 3.05) is 0 Å². The fourth-order valence-corrected chi connectivity index (χ4v) is 3.65. The number of hydrogen-bond donors (Lipinski definition) is 1. The third-order valence-corrected chi connectivity index (χ3v) is 5.22. The number of halogens is 1. The third-order valence-electron chi connectivity index (χ3n) is 5.22. The smallest absolute Gasteiger partial charge is 0.123 e. The molecule has 27 heavy (non-hydrogen) atoms. The molecular weight excluding hydrogens is 343 g/mol. The van der Waals surface area contributed by atoms with Crippen LogP contribution in [0.25, 0.3) is 11.3 Å². The summed E-state index contributed by atoms with van der Waals surface area (Å²) in [5.41, 5.74) is 5.36. The number of aliphatic hydroxyl groups excluding tert-OH is 1. The van der Waals surface area contributed by atoms with E-state index in [4.69, 9.17) is 0 Å². The molecule has 142 valence electrons. The monoisotopic (exact) mass is 368 g/mol. The minimum Gasteiger partial charge on any atom is -0.389 e. The summed E-state index contributed by atoms with van der Waals surface area (Å²) in [5, 5.41) is 19.3. The minimum atomic E-state index is -0.773. The number of hydrogen-bond acceptors (Lipinski definition) is 3. The van der Waals surface area contributed by atoms with Gasteiger partial charge in [0.1, 0.15) is 5.82 Å². The molecule has 0 amide bonds. The number of nitrogens with zero attached hydrogens (tertiary/aromatic N) is 4. The van der Waals surface area contributed by atoms with Gasteiger partial charge in [-0.1, -0.05) is 0 Å². The van der Waals surface area contributed by atoms with Gasteiger partial charge >= 0.3 is 0 Å². The molecule has 1 N–H and O–H groups in total. The van der Waals surface area contributed by atoms with Crippen LogP contribution in [0.5, 0.6) is 0 Å². The van der Waals surface area contributed by atoms with Crippen LogP contribution >= 0.6 is 0 Å². The van der Waals surface area contributed by atoms with Crippen molar-refractivity contribution in [3.8, 4) is 11.3 Å². The van der Waals surface area contributed by atoms with Gasteiger partial charge in [0.05, 0.1) is 17.5 Å². The van der Waals surface area contributed by atoms with Crippen LogP contribution in [0.1, 0.15) is 48.4 Å². The lowest BCUT2D eigenvalue weighted by Gasteiger charge is -2.11. The molecule has 1 atom stereocenters. The summed E-state index contributed by atoms with van der Waals surface area (Å²) in [4.78, 5) is 0. The van der Waals surface area contributed by atoms with Crippen LogP contribution in [-0.4, -0.2) is 24.7 Å². The molecule has 1 aliphatic rings. The quantitative estimate of drug-likeness (QED) is 0.724. The highest BCUT2D eigenvalue weighted by Gasteiger charge is 2.24. The first-order valence-corrected chi connectivity index (χ1v) is 9.43. The summed E-state index contributed by atoms with van der Waals surface area (Å²) >= 11 is 0. The maximum Gasteiger partial charge on any atom is 0.123 e. The van der Waals surface area contributed by atoms with Gasteiger partial charge in [-0.05, 0) is 61.9 Å². The Morgan fingerprint density at radius 1 is 1.22 bits per heavy atom. The Morgan fingerprint density at radius 3 is 2.70 bits per heavy atom. The lowest BCUT2D eigenvalue weighted by Crippen LogP contribution is -2.00. The molecule has 0 spiro atoms. The van der Waals surface area contributed by atoms with Crippen molar-refractivity contribution in [1.29, 1.82) is 0 Å². The van der Waals surface area contributed by atoms with Gasteiger partial charge in [0.2, 0.25) is 0 Å². The lowest BCUT2D eigenvalue weighted by atomic mass is 9.97. The number of aryl methyl sites for hydroxylation is 2. The second kappa shape index (κ2) is 6.93. The molecule has 0 saturated heterocycles. The van der Waals surface area contributed by atoms with E-state index in [1.807, 2.05) is 25.0 Å². The summed E-state index contributed by atoms with van der Waals surface area (Å²) in [5.74, 6) is 0.455. The van der Waals surface area contributed by atoms with Gasteiger partial charge in [-0.25, -0.2) is 4.39 Å². The molecule has 6 heteroatoms. The maximum absolute atomic E-state index is 13.7. The number of rotatable bonds is 6. The van der Waals surface area contributed by atoms with E-state index in [2.05, 4.69) is 16.3 Å². The SMILES string of the molecule is C[C@@H](O)c1cc(F)ccc1-c1nn(C)cc1Cc1cc(CC2CC2)n(C)n1. The van der Waals surface area contributed by atoms with E-state index < -0.39 is 6.10 Å². The largest absolute Gasteiger partial charge is 0.389 e. The van der Waals surface area contributed by atoms with E-state index in [0.29, 0.717) is 12.0 Å². The fraction of sp³-hybridized carbons (Fsp3) is 0.429. The minimum absolute atomic E-state index is 0.360. The van der Waals surface area contributed by atoms with Crippen molar-refractivity contribution in [2.24, 2.45) is 20.0 Å². The number of aliphatic hydroxyl groups is 1. The van der Waals surface area contributed by atoms with Crippen LogP contribution in [0.4, 0.5) is 4.39 Å². The summed E-state index contributed by atoms with van der Waals surface area (Å²) < 4.78 is 17.4. The summed E-state index contributed by atoms with van der Waals surface area (Å²) in [6.07, 6.45) is 5.58. The molecule has 2 heterocycles. The molecule has 2 aromatic heterocycles. The summed E-state index contributed by atoms with van der Waals surface area (Å²) in [6.45, 7) is 1.64. The molecule has 3 aromatic rings. The molecule has 1 saturated carbocycles. The first-order chi connectivity index (χ1) is 12.9. The van der Waals surface area contributed by atoms with Crippen LogP contribution in [0.15, 0.2) is 30.5 Å². The number of aromatic nitrogens is 4. The van der Waals surface area contributed by atoms with Crippen LogP contribution in [-0.2, 0) is 26.9 Å². The normalized spacial score (nSPS) is 15.3. The topological polar surface area (TPSA) is 55.9 Å². The van der Waals surface area contributed by atoms with E-state index in [9.17, 15) is 9.50 Å². The second-order valence-electron chi connectivity index (χ2n) is 7.66. The van der Waals surface area contributed by atoms with Crippen LogP contribution in [0.2, 0.25) is 0 Å². The van der Waals surface area contributed by atoms with Crippen molar-refractivity contribution in [3.05, 3.63) is 58.8 Å². The van der Waals surface area contributed by atoms with E-state index in [-0.39, 0.29) is 5.82 Å². The van der Waals surface area contributed by atoms with Crippen LogP contribution in [0.3, 0.4) is 0 Å². The van der Waals surface area contributed by atoms with Gasteiger partial charge in [-0.15, -0.1) is 0 Å². The fourth-order valence-electron chi connectivity index (χ4n) is 3.65. The average Bonchev–Trinajstić information content (AvgIpc) is 3.26. The van der Waals surface area contributed by atoms with E-state index in [1.54, 1.807) is 17.7 Å². The molecule has 1 aliphatic carbocycles. The van der Waals surface area contributed by atoms with Crippen LogP contribution < -0.4 is 0 Å². The van der Waals surface area contributed by atoms with E-state index in [0.717, 1.165) is 34.9 Å². The van der Waals surface area contributed by atoms with Gasteiger partial charge < -0.3 is 5.11 Å². The highest BCUT2D eigenvalue weighted by Crippen LogP contribution is 2.34. The molecule has 1 fully saturated rings. The molecule has 4 rings (SSSR count). The Labute approximate surface area is 158 Å². The molecule has 0 unspecified atom stereocenters. The molecule has 0 bridgehead atoms. The first kappa shape index (κ1) is 17.9. The van der Waals surface area contributed by atoms with Crippen LogP contribution in [0, 0.1) is 11.7 Å². The van der Waals surface area contributed by atoms with Crippen molar-refractivity contribution in [1.82, 2.24) is 19.6 Å². The maximum atomic E-state index is 13.7. The van der Waals surface area contributed by atoms with Crippen molar-refractivity contribution >= 4 is 0 Å². The highest BCUT2D eigenvalue weighted by molar-refractivity contribution is 5.67. The predicted molar refractivity (Wildman–Crippen MR) is 102 cm³/mol. The van der Waals surface area contributed by atoms with Gasteiger partial charge in [0.15, 0.2) is 0 Å². The Hall–Kier alpha value is -2.47. The molecular formula is C21H25FN4O. The van der Waals surface area contributed by atoms with Crippen molar-refractivity contribution < 1.29 is 9.50 Å². The zero-order chi connectivity index (χ0) is 19.1. The van der Waals surface area contributed by atoms with E-state index in [1.165, 1.54) is 30.7 Å². The first-order valence-electron chi connectivity index (χ1n) is 9.43.